The first-order valence-corrected chi connectivity index (χ1v) is 13.5. The van der Waals surface area contributed by atoms with E-state index in [0.29, 0.717) is 25.2 Å². The Labute approximate surface area is 231 Å². The molecule has 3 aromatic carbocycles. The summed E-state index contributed by atoms with van der Waals surface area (Å²) in [7, 11) is 1.37. The number of carboxylic acid groups (broad SMARTS) is 1. The largest absolute Gasteiger partial charge is 0.494 e. The minimum Gasteiger partial charge on any atom is -0.494 e. The number of ether oxygens (including phenoxy) is 3. The van der Waals surface area contributed by atoms with Crippen LogP contribution in [0.5, 0.6) is 11.5 Å². The fourth-order valence-corrected chi connectivity index (χ4v) is 4.20. The third kappa shape index (κ3) is 11.5. The van der Waals surface area contributed by atoms with Crippen molar-refractivity contribution in [3.63, 3.8) is 0 Å². The third-order valence-electron chi connectivity index (χ3n) is 6.33. The SMILES string of the molecule is COC(=O)c1ccc(CC(/C=C/c2cccc(OCCCCOc3ccccc3)c2)CCCCC(=O)O)cc1. The van der Waals surface area contributed by atoms with Gasteiger partial charge in [0.15, 0.2) is 0 Å². The lowest BCUT2D eigenvalue weighted by molar-refractivity contribution is -0.137. The van der Waals surface area contributed by atoms with Crippen LogP contribution in [-0.2, 0) is 16.0 Å². The second-order valence-electron chi connectivity index (χ2n) is 9.44. The molecule has 6 nitrogen and oxygen atoms in total. The number of benzene rings is 3. The van der Waals surface area contributed by atoms with Crippen LogP contribution in [0.15, 0.2) is 84.9 Å². The molecule has 0 radical (unpaired) electrons. The summed E-state index contributed by atoms with van der Waals surface area (Å²) < 4.78 is 16.5. The maximum atomic E-state index is 11.7. The molecule has 3 rings (SSSR count). The molecule has 6 heteroatoms. The highest BCUT2D eigenvalue weighted by Crippen LogP contribution is 2.21. The molecular formula is C33H38O6. The van der Waals surface area contributed by atoms with Gasteiger partial charge in [-0.25, -0.2) is 4.79 Å². The summed E-state index contributed by atoms with van der Waals surface area (Å²) in [5.41, 5.74) is 2.69. The lowest BCUT2D eigenvalue weighted by Gasteiger charge is -2.14. The average Bonchev–Trinajstić information content (AvgIpc) is 2.96. The monoisotopic (exact) mass is 530 g/mol. The van der Waals surface area contributed by atoms with Crippen LogP contribution < -0.4 is 9.47 Å². The van der Waals surface area contributed by atoms with Gasteiger partial charge in [0.25, 0.3) is 0 Å². The van der Waals surface area contributed by atoms with Gasteiger partial charge in [0.1, 0.15) is 11.5 Å². The van der Waals surface area contributed by atoms with Crippen LogP contribution in [0.2, 0.25) is 0 Å². The fraction of sp³-hybridized carbons (Fsp3) is 0.333. The first kappa shape index (κ1) is 29.5. The van der Waals surface area contributed by atoms with Crippen molar-refractivity contribution in [3.05, 3.63) is 102 Å². The maximum Gasteiger partial charge on any atom is 0.337 e. The number of carboxylic acids is 1. The van der Waals surface area contributed by atoms with Crippen molar-refractivity contribution < 1.29 is 28.9 Å². The van der Waals surface area contributed by atoms with Gasteiger partial charge < -0.3 is 19.3 Å². The molecule has 0 aliphatic rings. The zero-order chi connectivity index (χ0) is 27.7. The van der Waals surface area contributed by atoms with Crippen molar-refractivity contribution in [2.75, 3.05) is 20.3 Å². The Morgan fingerprint density at radius 3 is 2.21 bits per heavy atom. The summed E-state index contributed by atoms with van der Waals surface area (Å²) in [6.45, 7) is 1.29. The molecule has 0 saturated carbocycles. The molecule has 39 heavy (non-hydrogen) atoms. The third-order valence-corrected chi connectivity index (χ3v) is 6.33. The second-order valence-corrected chi connectivity index (χ2v) is 9.44. The van der Waals surface area contributed by atoms with Crippen LogP contribution in [0.1, 0.15) is 60.0 Å². The van der Waals surface area contributed by atoms with E-state index in [4.69, 9.17) is 19.3 Å². The Kier molecular flexibility index (Phi) is 12.6. The van der Waals surface area contributed by atoms with Gasteiger partial charge in [0.05, 0.1) is 25.9 Å². The predicted molar refractivity (Wildman–Crippen MR) is 153 cm³/mol. The van der Waals surface area contributed by atoms with Gasteiger partial charge in [-0.3, -0.25) is 4.79 Å². The van der Waals surface area contributed by atoms with Gasteiger partial charge >= 0.3 is 11.9 Å². The molecule has 0 aromatic heterocycles. The summed E-state index contributed by atoms with van der Waals surface area (Å²) in [6.07, 6.45) is 9.45. The molecule has 1 atom stereocenters. The topological polar surface area (TPSA) is 82.1 Å². The Balaban J connectivity index is 1.52. The minimum atomic E-state index is -0.763. The number of allylic oxidation sites excluding steroid dienone is 1. The highest BCUT2D eigenvalue weighted by molar-refractivity contribution is 5.89. The lowest BCUT2D eigenvalue weighted by Crippen LogP contribution is -2.04. The number of aliphatic carboxylic acids is 1. The predicted octanol–water partition coefficient (Wildman–Crippen LogP) is 7.23. The van der Waals surface area contributed by atoms with Crippen LogP contribution in [-0.4, -0.2) is 37.4 Å². The maximum absolute atomic E-state index is 11.7. The molecule has 0 fully saturated rings. The van der Waals surface area contributed by atoms with Crippen LogP contribution >= 0.6 is 0 Å². The summed E-state index contributed by atoms with van der Waals surface area (Å²) in [5.74, 6) is 0.834. The molecule has 0 aliphatic heterocycles. The number of carbonyl (C=O) groups excluding carboxylic acids is 1. The molecule has 0 spiro atoms. The van der Waals surface area contributed by atoms with Crippen molar-refractivity contribution in [1.29, 1.82) is 0 Å². The Morgan fingerprint density at radius 2 is 1.51 bits per heavy atom. The molecule has 0 bridgehead atoms. The number of hydrogen-bond acceptors (Lipinski definition) is 5. The van der Waals surface area contributed by atoms with E-state index in [0.717, 1.165) is 54.7 Å². The van der Waals surface area contributed by atoms with E-state index in [9.17, 15) is 9.59 Å². The zero-order valence-electron chi connectivity index (χ0n) is 22.6. The van der Waals surface area contributed by atoms with E-state index in [1.54, 1.807) is 12.1 Å². The van der Waals surface area contributed by atoms with Gasteiger partial charge in [0, 0.05) is 6.42 Å². The average molecular weight is 531 g/mol. The molecule has 1 unspecified atom stereocenters. The van der Waals surface area contributed by atoms with Crippen LogP contribution in [0.25, 0.3) is 6.08 Å². The van der Waals surface area contributed by atoms with Crippen molar-refractivity contribution in [2.24, 2.45) is 5.92 Å². The molecule has 3 aromatic rings. The molecule has 0 heterocycles. The van der Waals surface area contributed by atoms with E-state index in [-0.39, 0.29) is 18.3 Å². The van der Waals surface area contributed by atoms with E-state index in [2.05, 4.69) is 12.2 Å². The Morgan fingerprint density at radius 1 is 0.821 bits per heavy atom. The number of methoxy groups -OCH3 is 1. The second kappa shape index (κ2) is 16.7. The lowest BCUT2D eigenvalue weighted by atomic mass is 9.92. The van der Waals surface area contributed by atoms with E-state index >= 15 is 0 Å². The van der Waals surface area contributed by atoms with Crippen molar-refractivity contribution in [3.8, 4) is 11.5 Å². The summed E-state index contributed by atoms with van der Waals surface area (Å²) >= 11 is 0. The Bertz CT molecular complexity index is 1170. The van der Waals surface area contributed by atoms with Crippen molar-refractivity contribution in [1.82, 2.24) is 0 Å². The summed E-state index contributed by atoms with van der Waals surface area (Å²) in [5, 5.41) is 8.96. The van der Waals surface area contributed by atoms with Crippen molar-refractivity contribution in [2.45, 2.75) is 44.9 Å². The van der Waals surface area contributed by atoms with Crippen LogP contribution in [0.4, 0.5) is 0 Å². The number of carbonyl (C=O) groups is 2. The first-order chi connectivity index (χ1) is 19.0. The molecule has 0 amide bonds. The molecular weight excluding hydrogens is 492 g/mol. The van der Waals surface area contributed by atoms with Gasteiger partial charge in [0.2, 0.25) is 0 Å². The first-order valence-electron chi connectivity index (χ1n) is 13.5. The number of esters is 1. The highest BCUT2D eigenvalue weighted by Gasteiger charge is 2.10. The number of para-hydroxylation sites is 1. The van der Waals surface area contributed by atoms with Crippen LogP contribution in [0, 0.1) is 5.92 Å². The van der Waals surface area contributed by atoms with Gasteiger partial charge in [-0.2, -0.15) is 0 Å². The summed E-state index contributed by atoms with van der Waals surface area (Å²) in [4.78, 5) is 22.6. The smallest absolute Gasteiger partial charge is 0.337 e. The fourth-order valence-electron chi connectivity index (χ4n) is 4.20. The number of rotatable bonds is 17. The van der Waals surface area contributed by atoms with E-state index in [1.165, 1.54) is 7.11 Å². The van der Waals surface area contributed by atoms with Gasteiger partial charge in [-0.15, -0.1) is 0 Å². The highest BCUT2D eigenvalue weighted by atomic mass is 16.5. The van der Waals surface area contributed by atoms with E-state index < -0.39 is 5.97 Å². The zero-order valence-corrected chi connectivity index (χ0v) is 22.6. The minimum absolute atomic E-state index is 0.183. The number of unbranched alkanes of at least 4 members (excludes halogenated alkanes) is 2. The van der Waals surface area contributed by atoms with Crippen molar-refractivity contribution >= 4 is 18.0 Å². The molecule has 1 N–H and O–H groups in total. The molecule has 0 saturated heterocycles. The van der Waals surface area contributed by atoms with Gasteiger partial charge in [-0.05, 0) is 85.5 Å². The Hall–Kier alpha value is -4.06. The summed E-state index contributed by atoms with van der Waals surface area (Å²) in [6, 6.07) is 25.3. The van der Waals surface area contributed by atoms with Crippen LogP contribution in [0.3, 0.4) is 0 Å². The van der Waals surface area contributed by atoms with Gasteiger partial charge in [-0.1, -0.05) is 61.0 Å². The molecule has 206 valence electrons. The quantitative estimate of drug-likeness (QED) is 0.146. The molecule has 0 aliphatic carbocycles. The normalized spacial score (nSPS) is 11.7. The standard InChI is InChI=1S/C33H38O6/c1-37-33(36)29-20-18-28(19-21-29)24-26(10-5-6-15-32(34)35)16-17-27-11-9-14-31(25-27)39-23-8-7-22-38-30-12-3-2-4-13-30/h2-4,9,11-14,16-21,25-26H,5-8,10,15,22-24H2,1H3,(H,34,35)/b17-16+. The number of hydrogen-bond donors (Lipinski definition) is 1. The van der Waals surface area contributed by atoms with E-state index in [1.807, 2.05) is 66.7 Å².